The van der Waals surface area contributed by atoms with Crippen LogP contribution < -0.4 is 0 Å². The van der Waals surface area contributed by atoms with Gasteiger partial charge in [-0.1, -0.05) is 19.9 Å². The minimum atomic E-state index is -0.323. The van der Waals surface area contributed by atoms with Gasteiger partial charge in [-0.25, -0.2) is 8.78 Å². The molecule has 0 bridgehead atoms. The summed E-state index contributed by atoms with van der Waals surface area (Å²) < 4.78 is 26.5. The van der Waals surface area contributed by atoms with Gasteiger partial charge in [-0.15, -0.1) is 0 Å². The van der Waals surface area contributed by atoms with Gasteiger partial charge in [-0.05, 0) is 30.1 Å². The van der Waals surface area contributed by atoms with Crippen LogP contribution in [0, 0.1) is 5.92 Å². The molecule has 0 nitrogen and oxygen atoms in total. The Balaban J connectivity index is 3.08. The fourth-order valence-electron chi connectivity index (χ4n) is 1.27. The van der Waals surface area contributed by atoms with Gasteiger partial charge >= 0.3 is 0 Å². The molecule has 0 fully saturated rings. The normalized spacial score (nSPS) is 18.6. The summed E-state index contributed by atoms with van der Waals surface area (Å²) in [6.07, 6.45) is 3.10. The van der Waals surface area contributed by atoms with Crippen LogP contribution in [-0.4, -0.2) is 0 Å². The molecule has 0 saturated heterocycles. The lowest BCUT2D eigenvalue weighted by Crippen LogP contribution is -1.93. The molecule has 1 aliphatic carbocycles. The lowest BCUT2D eigenvalue weighted by Gasteiger charge is -2.06. The molecule has 0 amide bonds. The molecule has 0 radical (unpaired) electrons. The van der Waals surface area contributed by atoms with Crippen molar-refractivity contribution in [3.8, 4) is 0 Å². The van der Waals surface area contributed by atoms with E-state index in [1.807, 2.05) is 13.8 Å². The van der Waals surface area contributed by atoms with Crippen LogP contribution in [0.15, 0.2) is 35.0 Å². The van der Waals surface area contributed by atoms with Crippen molar-refractivity contribution in [1.82, 2.24) is 0 Å². The minimum Gasteiger partial charge on any atom is -0.211 e. The van der Waals surface area contributed by atoms with Crippen molar-refractivity contribution in [2.45, 2.75) is 27.2 Å². The Morgan fingerprint density at radius 3 is 2.46 bits per heavy atom. The molecule has 0 saturated carbocycles. The molecule has 0 aliphatic heterocycles. The van der Waals surface area contributed by atoms with Crippen LogP contribution in [0.1, 0.15) is 27.2 Å². The van der Waals surface area contributed by atoms with Gasteiger partial charge < -0.3 is 0 Å². The standard InChI is InChI=1S/C11H14F2/c1-7(2)9-6-11(13)8(3)4-5-10(9)12/h4,6-7H,5H2,1-3H3. The van der Waals surface area contributed by atoms with Gasteiger partial charge in [0.1, 0.15) is 11.7 Å². The predicted molar refractivity (Wildman–Crippen MR) is 50.5 cm³/mol. The van der Waals surface area contributed by atoms with Gasteiger partial charge in [0.2, 0.25) is 0 Å². The Morgan fingerprint density at radius 2 is 1.92 bits per heavy atom. The maximum absolute atomic E-state index is 13.3. The van der Waals surface area contributed by atoms with Crippen molar-refractivity contribution in [3.05, 3.63) is 35.0 Å². The minimum absolute atomic E-state index is 0.0325. The third-order valence-electron chi connectivity index (χ3n) is 2.18. The second-order valence-electron chi connectivity index (χ2n) is 3.60. The van der Waals surface area contributed by atoms with Crippen LogP contribution in [0.5, 0.6) is 0 Å². The van der Waals surface area contributed by atoms with Crippen molar-refractivity contribution in [2.24, 2.45) is 5.92 Å². The van der Waals surface area contributed by atoms with E-state index in [-0.39, 0.29) is 24.0 Å². The van der Waals surface area contributed by atoms with Crippen LogP contribution in [0.3, 0.4) is 0 Å². The summed E-state index contributed by atoms with van der Waals surface area (Å²) in [6, 6.07) is 0. The molecule has 0 atom stereocenters. The lowest BCUT2D eigenvalue weighted by atomic mass is 10.0. The molecule has 13 heavy (non-hydrogen) atoms. The number of hydrogen-bond donors (Lipinski definition) is 0. The van der Waals surface area contributed by atoms with E-state index in [1.165, 1.54) is 6.08 Å². The maximum atomic E-state index is 13.3. The third-order valence-corrected chi connectivity index (χ3v) is 2.18. The molecule has 0 aromatic rings. The second kappa shape index (κ2) is 3.86. The van der Waals surface area contributed by atoms with Gasteiger partial charge in [0.25, 0.3) is 0 Å². The quantitative estimate of drug-likeness (QED) is 0.576. The Labute approximate surface area is 77.6 Å². The van der Waals surface area contributed by atoms with Gasteiger partial charge in [-0.3, -0.25) is 0 Å². The van der Waals surface area contributed by atoms with E-state index >= 15 is 0 Å². The average Bonchev–Trinajstić information content (AvgIpc) is 2.18. The monoisotopic (exact) mass is 184 g/mol. The molecule has 0 heterocycles. The molecular weight excluding hydrogens is 170 g/mol. The van der Waals surface area contributed by atoms with E-state index in [9.17, 15) is 8.78 Å². The summed E-state index contributed by atoms with van der Waals surface area (Å²) in [4.78, 5) is 0. The fourth-order valence-corrected chi connectivity index (χ4v) is 1.27. The number of allylic oxidation sites excluding steroid dienone is 6. The van der Waals surface area contributed by atoms with E-state index in [0.717, 1.165) is 0 Å². The van der Waals surface area contributed by atoms with Crippen molar-refractivity contribution in [2.75, 3.05) is 0 Å². The average molecular weight is 184 g/mol. The fraction of sp³-hybridized carbons (Fsp3) is 0.455. The zero-order valence-corrected chi connectivity index (χ0v) is 8.20. The molecule has 0 spiro atoms. The molecule has 0 aromatic carbocycles. The summed E-state index contributed by atoms with van der Waals surface area (Å²) in [5.41, 5.74) is 0.997. The highest BCUT2D eigenvalue weighted by Crippen LogP contribution is 2.28. The molecule has 0 N–H and O–H groups in total. The lowest BCUT2D eigenvalue weighted by molar-refractivity contribution is 0.584. The number of halogens is 2. The molecule has 1 aliphatic rings. The first kappa shape index (κ1) is 10.2. The number of rotatable bonds is 1. The molecule has 0 unspecified atom stereocenters. The SMILES string of the molecule is CC1=CCC(F)=C(C(C)C)C=C1F. The van der Waals surface area contributed by atoms with Crippen molar-refractivity contribution < 1.29 is 8.78 Å². The van der Waals surface area contributed by atoms with Gasteiger partial charge in [0.05, 0.1) is 0 Å². The Bertz CT molecular complexity index is 293. The van der Waals surface area contributed by atoms with E-state index in [2.05, 4.69) is 0 Å². The van der Waals surface area contributed by atoms with Crippen molar-refractivity contribution in [3.63, 3.8) is 0 Å². The summed E-state index contributed by atoms with van der Waals surface area (Å²) in [7, 11) is 0. The van der Waals surface area contributed by atoms with Crippen LogP contribution in [0.4, 0.5) is 8.78 Å². The van der Waals surface area contributed by atoms with Crippen LogP contribution >= 0.6 is 0 Å². The zero-order valence-electron chi connectivity index (χ0n) is 8.20. The molecule has 2 heteroatoms. The summed E-state index contributed by atoms with van der Waals surface area (Å²) >= 11 is 0. The highest BCUT2D eigenvalue weighted by Gasteiger charge is 2.13. The Kier molecular flexibility index (Phi) is 3.02. The van der Waals surface area contributed by atoms with Crippen LogP contribution in [0.2, 0.25) is 0 Å². The first-order valence-electron chi connectivity index (χ1n) is 4.45. The third kappa shape index (κ3) is 2.27. The summed E-state index contributed by atoms with van der Waals surface area (Å²) in [6.45, 7) is 5.38. The molecule has 0 aromatic heterocycles. The van der Waals surface area contributed by atoms with Gasteiger partial charge in [0.15, 0.2) is 0 Å². The first-order valence-corrected chi connectivity index (χ1v) is 4.45. The van der Waals surface area contributed by atoms with Crippen LogP contribution in [0.25, 0.3) is 0 Å². The summed E-state index contributed by atoms with van der Waals surface area (Å²) in [5.74, 6) is -0.511. The van der Waals surface area contributed by atoms with Crippen LogP contribution in [-0.2, 0) is 0 Å². The topological polar surface area (TPSA) is 0 Å². The van der Waals surface area contributed by atoms with Gasteiger partial charge in [-0.2, -0.15) is 0 Å². The Morgan fingerprint density at radius 1 is 1.31 bits per heavy atom. The molecule has 1 rings (SSSR count). The summed E-state index contributed by atoms with van der Waals surface area (Å²) in [5, 5.41) is 0. The second-order valence-corrected chi connectivity index (χ2v) is 3.60. The van der Waals surface area contributed by atoms with Gasteiger partial charge in [0, 0.05) is 6.42 Å². The maximum Gasteiger partial charge on any atom is 0.126 e. The van der Waals surface area contributed by atoms with E-state index in [4.69, 9.17) is 0 Å². The smallest absolute Gasteiger partial charge is 0.126 e. The number of hydrogen-bond acceptors (Lipinski definition) is 0. The van der Waals surface area contributed by atoms with Crippen molar-refractivity contribution >= 4 is 0 Å². The zero-order chi connectivity index (χ0) is 10.0. The van der Waals surface area contributed by atoms with Crippen molar-refractivity contribution in [1.29, 1.82) is 0 Å². The van der Waals surface area contributed by atoms with E-state index in [0.29, 0.717) is 11.1 Å². The highest BCUT2D eigenvalue weighted by molar-refractivity contribution is 5.38. The first-order chi connectivity index (χ1) is 6.02. The predicted octanol–water partition coefficient (Wildman–Crippen LogP) is 4.07. The largest absolute Gasteiger partial charge is 0.211 e. The molecule has 72 valence electrons. The molecular formula is C11H14F2. The van der Waals surface area contributed by atoms with E-state index in [1.54, 1.807) is 13.0 Å². The van der Waals surface area contributed by atoms with E-state index < -0.39 is 0 Å². The highest BCUT2D eigenvalue weighted by atomic mass is 19.1. The Hall–Kier alpha value is -0.920.